The van der Waals surface area contributed by atoms with E-state index in [1.54, 1.807) is 48.5 Å². The number of carboxylic acid groups (broad SMARTS) is 1. The molecule has 0 heterocycles. The zero-order valence-electron chi connectivity index (χ0n) is 20.1. The zero-order valence-corrected chi connectivity index (χ0v) is 20.9. The second kappa shape index (κ2) is 11.9. The van der Waals surface area contributed by atoms with Crippen molar-refractivity contribution in [2.45, 2.75) is 10.1 Å². The van der Waals surface area contributed by atoms with E-state index in [1.165, 1.54) is 54.2 Å². The first-order valence-electron chi connectivity index (χ1n) is 11.5. The van der Waals surface area contributed by atoms with Crippen LogP contribution in [0.15, 0.2) is 102 Å². The molecule has 39 heavy (non-hydrogen) atoms. The van der Waals surface area contributed by atoms with Gasteiger partial charge in [-0.25, -0.2) is 4.79 Å². The van der Waals surface area contributed by atoms with Crippen molar-refractivity contribution in [2.24, 2.45) is 0 Å². The Labute approximate surface area is 226 Å². The molecule has 0 aromatic heterocycles. The van der Waals surface area contributed by atoms with E-state index in [0.717, 1.165) is 4.90 Å². The van der Waals surface area contributed by atoms with E-state index in [-0.39, 0.29) is 22.5 Å². The van der Waals surface area contributed by atoms with E-state index in [2.05, 4.69) is 10.6 Å². The first kappa shape index (κ1) is 26.9. The van der Waals surface area contributed by atoms with Crippen LogP contribution >= 0.6 is 11.8 Å². The molecule has 0 aliphatic heterocycles. The van der Waals surface area contributed by atoms with Gasteiger partial charge >= 0.3 is 5.97 Å². The minimum atomic E-state index is -1.32. The fourth-order valence-corrected chi connectivity index (χ4v) is 4.61. The van der Waals surface area contributed by atoms with E-state index in [1.807, 2.05) is 6.07 Å². The van der Waals surface area contributed by atoms with Crippen LogP contribution < -0.4 is 10.6 Å². The van der Waals surface area contributed by atoms with Gasteiger partial charge in [0, 0.05) is 34.0 Å². The van der Waals surface area contributed by atoms with Crippen LogP contribution in [0.1, 0.15) is 31.5 Å². The fraction of sp³-hybridized carbons (Fsp3) is 0.0357. The van der Waals surface area contributed by atoms with Gasteiger partial charge in [-0.1, -0.05) is 30.3 Å². The third-order valence-electron chi connectivity index (χ3n) is 5.54. The van der Waals surface area contributed by atoms with Crippen molar-refractivity contribution in [3.05, 3.63) is 124 Å². The van der Waals surface area contributed by atoms with Gasteiger partial charge in [0.2, 0.25) is 5.91 Å². The number of nitro benzene ring substituents is 1. The number of amides is 2. The first-order valence-corrected chi connectivity index (χ1v) is 12.3. The summed E-state index contributed by atoms with van der Waals surface area (Å²) in [7, 11) is 0. The lowest BCUT2D eigenvalue weighted by Gasteiger charge is -2.18. The molecule has 0 saturated heterocycles. The molecule has 11 heteroatoms. The van der Waals surface area contributed by atoms with Gasteiger partial charge in [-0.15, -0.1) is 11.8 Å². The number of aromatic hydroxyl groups is 1. The summed E-state index contributed by atoms with van der Waals surface area (Å²) in [6.45, 7) is 0. The minimum Gasteiger partial charge on any atom is -0.507 e. The second-order valence-corrected chi connectivity index (χ2v) is 9.40. The highest BCUT2D eigenvalue weighted by Crippen LogP contribution is 2.37. The molecule has 1 atom stereocenters. The quantitative estimate of drug-likeness (QED) is 0.0902. The third kappa shape index (κ3) is 6.79. The number of aromatic carboxylic acids is 1. The molecule has 2 amide bonds. The predicted octanol–water partition coefficient (Wildman–Crippen LogP) is 5.72. The Morgan fingerprint density at radius 2 is 1.46 bits per heavy atom. The number of hydrogen-bond donors (Lipinski definition) is 4. The summed E-state index contributed by atoms with van der Waals surface area (Å²) in [6, 6.07) is 24.9. The van der Waals surface area contributed by atoms with Crippen molar-refractivity contribution in [3.63, 3.8) is 0 Å². The standard InChI is InChI=1S/C28H21N3O7S/c32-24-15-10-20(16-23(24)28(35)36)30-27(34)25(17-4-2-1-3-5-17)39-22-13-8-19(9-14-22)29-26(33)18-6-11-21(12-7-18)31(37)38/h1-16,25,32H,(H,29,33)(H,30,34)(H,35,36). The molecule has 196 valence electrons. The largest absolute Gasteiger partial charge is 0.507 e. The molecule has 0 saturated carbocycles. The molecule has 0 spiro atoms. The Morgan fingerprint density at radius 1 is 0.821 bits per heavy atom. The number of rotatable bonds is 9. The number of carboxylic acids is 1. The number of phenols is 1. The number of nitrogens with one attached hydrogen (secondary N) is 2. The molecule has 0 fully saturated rings. The number of benzene rings is 4. The number of nitro groups is 1. The Morgan fingerprint density at radius 3 is 2.08 bits per heavy atom. The molecule has 4 aromatic carbocycles. The third-order valence-corrected chi connectivity index (χ3v) is 6.81. The van der Waals surface area contributed by atoms with Gasteiger partial charge in [-0.3, -0.25) is 19.7 Å². The summed E-state index contributed by atoms with van der Waals surface area (Å²) in [4.78, 5) is 48.1. The normalized spacial score (nSPS) is 11.3. The summed E-state index contributed by atoms with van der Waals surface area (Å²) < 4.78 is 0. The number of carbonyl (C=O) groups excluding carboxylic acids is 2. The fourth-order valence-electron chi connectivity index (χ4n) is 3.58. The van der Waals surface area contributed by atoms with Crippen LogP contribution in [-0.4, -0.2) is 32.9 Å². The Kier molecular flexibility index (Phi) is 8.22. The van der Waals surface area contributed by atoms with Crippen LogP contribution in [0.25, 0.3) is 0 Å². The molecule has 0 bridgehead atoms. The highest BCUT2D eigenvalue weighted by molar-refractivity contribution is 8.00. The first-order chi connectivity index (χ1) is 18.7. The maximum Gasteiger partial charge on any atom is 0.339 e. The van der Waals surface area contributed by atoms with Crippen LogP contribution in [0, 0.1) is 10.1 Å². The topological polar surface area (TPSA) is 159 Å². The van der Waals surface area contributed by atoms with Gasteiger partial charge in [-0.05, 0) is 60.2 Å². The highest BCUT2D eigenvalue weighted by Gasteiger charge is 2.23. The van der Waals surface area contributed by atoms with Crippen molar-refractivity contribution >= 4 is 46.6 Å². The van der Waals surface area contributed by atoms with Crippen molar-refractivity contribution in [1.29, 1.82) is 0 Å². The number of non-ortho nitro benzene ring substituents is 1. The van der Waals surface area contributed by atoms with Gasteiger partial charge in [0.1, 0.15) is 16.6 Å². The number of carbonyl (C=O) groups is 3. The molecular weight excluding hydrogens is 522 g/mol. The second-order valence-electron chi connectivity index (χ2n) is 8.22. The lowest BCUT2D eigenvalue weighted by Crippen LogP contribution is -2.19. The van der Waals surface area contributed by atoms with Crippen LogP contribution in [0.5, 0.6) is 5.75 Å². The SMILES string of the molecule is O=C(Nc1ccc(SC(C(=O)Nc2ccc(O)c(C(=O)O)c2)c2ccccc2)cc1)c1ccc([N+](=O)[O-])cc1. The van der Waals surface area contributed by atoms with Crippen LogP contribution in [0.4, 0.5) is 17.1 Å². The highest BCUT2D eigenvalue weighted by atomic mass is 32.2. The molecule has 0 aliphatic carbocycles. The molecule has 1 unspecified atom stereocenters. The van der Waals surface area contributed by atoms with Crippen molar-refractivity contribution in [1.82, 2.24) is 0 Å². The maximum atomic E-state index is 13.3. The maximum absolute atomic E-state index is 13.3. The number of thioether (sulfide) groups is 1. The summed E-state index contributed by atoms with van der Waals surface area (Å²) in [5.74, 6) is -2.56. The molecule has 4 N–H and O–H groups in total. The van der Waals surface area contributed by atoms with Crippen LogP contribution in [0.2, 0.25) is 0 Å². The summed E-state index contributed by atoms with van der Waals surface area (Å²) in [6.07, 6.45) is 0. The smallest absolute Gasteiger partial charge is 0.339 e. The number of anilines is 2. The summed E-state index contributed by atoms with van der Waals surface area (Å²) in [5, 5.41) is 34.5. The Bertz CT molecular complexity index is 1530. The molecular formula is C28H21N3O7S. The molecule has 4 aromatic rings. The zero-order chi connectivity index (χ0) is 27.9. The Balaban J connectivity index is 1.48. The molecule has 10 nitrogen and oxygen atoms in total. The summed E-state index contributed by atoms with van der Waals surface area (Å²) >= 11 is 1.26. The van der Waals surface area contributed by atoms with Gasteiger partial charge in [0.15, 0.2) is 0 Å². The Hall–Kier alpha value is -5.16. The minimum absolute atomic E-state index is 0.113. The van der Waals surface area contributed by atoms with Crippen molar-refractivity contribution in [2.75, 3.05) is 10.6 Å². The lowest BCUT2D eigenvalue weighted by molar-refractivity contribution is -0.384. The predicted molar refractivity (Wildman–Crippen MR) is 146 cm³/mol. The molecule has 4 rings (SSSR count). The number of hydrogen-bond acceptors (Lipinski definition) is 7. The van der Waals surface area contributed by atoms with E-state index in [0.29, 0.717) is 11.3 Å². The van der Waals surface area contributed by atoms with Gasteiger partial charge < -0.3 is 20.8 Å². The average molecular weight is 544 g/mol. The lowest BCUT2D eigenvalue weighted by atomic mass is 10.1. The summed E-state index contributed by atoms with van der Waals surface area (Å²) in [5.41, 5.74) is 1.25. The van der Waals surface area contributed by atoms with E-state index in [9.17, 15) is 34.7 Å². The van der Waals surface area contributed by atoms with Gasteiger partial charge in [-0.2, -0.15) is 0 Å². The molecule has 0 radical (unpaired) electrons. The van der Waals surface area contributed by atoms with Crippen LogP contribution in [-0.2, 0) is 4.79 Å². The monoisotopic (exact) mass is 543 g/mol. The van der Waals surface area contributed by atoms with Gasteiger partial charge in [0.25, 0.3) is 11.6 Å². The van der Waals surface area contributed by atoms with Crippen molar-refractivity contribution in [3.8, 4) is 5.75 Å². The van der Waals surface area contributed by atoms with E-state index < -0.39 is 33.7 Å². The average Bonchev–Trinajstić information content (AvgIpc) is 2.94. The number of nitrogens with zero attached hydrogens (tertiary/aromatic N) is 1. The van der Waals surface area contributed by atoms with E-state index in [4.69, 9.17) is 0 Å². The molecule has 0 aliphatic rings. The van der Waals surface area contributed by atoms with Crippen molar-refractivity contribution < 1.29 is 29.5 Å². The van der Waals surface area contributed by atoms with Gasteiger partial charge in [0.05, 0.1) is 4.92 Å². The van der Waals surface area contributed by atoms with E-state index >= 15 is 0 Å². The van der Waals surface area contributed by atoms with Crippen LogP contribution in [0.3, 0.4) is 0 Å².